The maximum absolute atomic E-state index is 13.6. The second-order valence-electron chi connectivity index (χ2n) is 6.50. The molecule has 4 rings (SSSR count). The number of H-pyrrole nitrogens is 1. The van der Waals surface area contributed by atoms with E-state index >= 15 is 0 Å². The maximum atomic E-state index is 13.6. The number of nitrogens with zero attached hydrogens (tertiary/aromatic N) is 3. The quantitative estimate of drug-likeness (QED) is 0.503. The van der Waals surface area contributed by atoms with Gasteiger partial charge in [0.05, 0.1) is 23.8 Å². The Hall–Kier alpha value is -3.88. The fourth-order valence-electron chi connectivity index (χ4n) is 3.27. The van der Waals surface area contributed by atoms with E-state index in [2.05, 4.69) is 25.3 Å². The zero-order valence-electron chi connectivity index (χ0n) is 16.1. The van der Waals surface area contributed by atoms with Crippen molar-refractivity contribution < 1.29 is 18.3 Å². The van der Waals surface area contributed by atoms with Crippen molar-refractivity contribution in [3.8, 4) is 28.3 Å². The molecule has 0 saturated carbocycles. The number of fused-ring (bicyclic) bond motifs is 1. The number of halogens is 2. The minimum atomic E-state index is -2.67. The molecule has 0 fully saturated rings. The van der Waals surface area contributed by atoms with Gasteiger partial charge in [-0.1, -0.05) is 0 Å². The molecule has 152 valence electrons. The number of carbonyl (C=O) groups excluding carboxylic acids is 1. The lowest BCUT2D eigenvalue weighted by Crippen LogP contribution is -2.07. The predicted molar refractivity (Wildman–Crippen MR) is 108 cm³/mol. The molecule has 0 aromatic carbocycles. The van der Waals surface area contributed by atoms with Crippen LogP contribution in [0.5, 0.6) is 5.88 Å². The molecule has 0 radical (unpaired) electrons. The van der Waals surface area contributed by atoms with Crippen LogP contribution >= 0.6 is 0 Å². The Bertz CT molecular complexity index is 1220. The van der Waals surface area contributed by atoms with Crippen LogP contribution in [0.4, 0.5) is 14.6 Å². The minimum Gasteiger partial charge on any atom is -0.481 e. The van der Waals surface area contributed by atoms with Crippen molar-refractivity contribution in [1.82, 2.24) is 19.9 Å². The van der Waals surface area contributed by atoms with E-state index in [9.17, 15) is 13.6 Å². The Kier molecular flexibility index (Phi) is 5.09. The summed E-state index contributed by atoms with van der Waals surface area (Å²) in [6.07, 6.45) is 1.81. The second-order valence-corrected chi connectivity index (χ2v) is 6.50. The van der Waals surface area contributed by atoms with Crippen LogP contribution in [0.1, 0.15) is 18.9 Å². The molecule has 9 heteroatoms. The Morgan fingerprint density at radius 3 is 2.57 bits per heavy atom. The van der Waals surface area contributed by atoms with Crippen LogP contribution in [0.15, 0.2) is 48.9 Å². The number of aromatic amines is 1. The highest BCUT2D eigenvalue weighted by Crippen LogP contribution is 2.40. The highest BCUT2D eigenvalue weighted by atomic mass is 19.3. The van der Waals surface area contributed by atoms with Gasteiger partial charge >= 0.3 is 0 Å². The molecular formula is C21H17F2N5O2. The molecule has 1 amide bonds. The zero-order chi connectivity index (χ0) is 21.3. The number of amides is 1. The van der Waals surface area contributed by atoms with E-state index in [1.54, 1.807) is 30.5 Å². The van der Waals surface area contributed by atoms with Crippen LogP contribution < -0.4 is 10.1 Å². The van der Waals surface area contributed by atoms with Gasteiger partial charge in [0, 0.05) is 53.8 Å². The van der Waals surface area contributed by atoms with Gasteiger partial charge in [0.2, 0.25) is 11.8 Å². The monoisotopic (exact) mass is 409 g/mol. The molecule has 4 heterocycles. The summed E-state index contributed by atoms with van der Waals surface area (Å²) in [7, 11) is 1.51. The summed E-state index contributed by atoms with van der Waals surface area (Å²) in [6.45, 7) is 1.38. The molecule has 0 unspecified atom stereocenters. The summed E-state index contributed by atoms with van der Waals surface area (Å²) >= 11 is 0. The van der Waals surface area contributed by atoms with Crippen LogP contribution in [0.3, 0.4) is 0 Å². The smallest absolute Gasteiger partial charge is 0.265 e. The average molecular weight is 409 g/mol. The lowest BCUT2D eigenvalue weighted by atomic mass is 10.0. The molecular weight excluding hydrogens is 392 g/mol. The lowest BCUT2D eigenvalue weighted by Gasteiger charge is -2.08. The van der Waals surface area contributed by atoms with Crippen molar-refractivity contribution in [2.75, 3.05) is 12.4 Å². The van der Waals surface area contributed by atoms with Crippen LogP contribution in [0.2, 0.25) is 0 Å². The van der Waals surface area contributed by atoms with E-state index < -0.39 is 6.43 Å². The van der Waals surface area contributed by atoms with Gasteiger partial charge in [-0.25, -0.2) is 18.7 Å². The number of aromatic nitrogens is 4. The molecule has 0 aliphatic heterocycles. The first kappa shape index (κ1) is 19.4. The minimum absolute atomic E-state index is 0.148. The van der Waals surface area contributed by atoms with Crippen molar-refractivity contribution in [3.63, 3.8) is 0 Å². The van der Waals surface area contributed by atoms with Gasteiger partial charge in [0.1, 0.15) is 5.82 Å². The Morgan fingerprint density at radius 2 is 1.90 bits per heavy atom. The van der Waals surface area contributed by atoms with Crippen molar-refractivity contribution in [3.05, 3.63) is 54.5 Å². The molecule has 0 saturated heterocycles. The Balaban J connectivity index is 1.98. The molecule has 0 bridgehead atoms. The van der Waals surface area contributed by atoms with Crippen molar-refractivity contribution >= 4 is 22.8 Å². The van der Waals surface area contributed by atoms with Crippen molar-refractivity contribution in [1.29, 1.82) is 0 Å². The number of hydrogen-bond donors (Lipinski definition) is 2. The molecule has 30 heavy (non-hydrogen) atoms. The Morgan fingerprint density at radius 1 is 1.10 bits per heavy atom. The van der Waals surface area contributed by atoms with Crippen molar-refractivity contribution in [2.24, 2.45) is 0 Å². The molecule has 2 N–H and O–H groups in total. The molecule has 0 aliphatic rings. The van der Waals surface area contributed by atoms with Crippen molar-refractivity contribution in [2.45, 2.75) is 13.3 Å². The first-order valence-corrected chi connectivity index (χ1v) is 9.01. The van der Waals surface area contributed by atoms with E-state index in [0.29, 0.717) is 39.6 Å². The van der Waals surface area contributed by atoms with Gasteiger partial charge in [0.15, 0.2) is 0 Å². The lowest BCUT2D eigenvalue weighted by molar-refractivity contribution is -0.114. The predicted octanol–water partition coefficient (Wildman–Crippen LogP) is 4.59. The third-order valence-electron chi connectivity index (χ3n) is 4.54. The van der Waals surface area contributed by atoms with Crippen LogP contribution in [-0.2, 0) is 4.79 Å². The first-order chi connectivity index (χ1) is 14.5. The third-order valence-corrected chi connectivity index (χ3v) is 4.54. The number of ether oxygens (including phenoxy) is 1. The maximum Gasteiger partial charge on any atom is 0.265 e. The normalized spacial score (nSPS) is 11.1. The number of anilines is 1. The summed E-state index contributed by atoms with van der Waals surface area (Å²) in [4.78, 5) is 27.2. The number of alkyl halides is 2. The molecule has 7 nitrogen and oxygen atoms in total. The SMILES string of the molecule is COc1ccc(-c2c(-c3ccnc(NC(C)=O)c3)[nH]c3c(C(F)F)ccnc23)cn1. The fourth-order valence-corrected chi connectivity index (χ4v) is 3.27. The third kappa shape index (κ3) is 3.57. The highest BCUT2D eigenvalue weighted by molar-refractivity contribution is 6.02. The summed E-state index contributed by atoms with van der Waals surface area (Å²) < 4.78 is 32.3. The average Bonchev–Trinajstić information content (AvgIpc) is 3.13. The molecule has 0 atom stereocenters. The van der Waals surface area contributed by atoms with E-state index in [4.69, 9.17) is 4.74 Å². The fraction of sp³-hybridized carbons (Fsp3) is 0.143. The standard InChI is InChI=1S/C21H17F2N5O2/c1-11(29)27-15-9-12(5-7-24-15)18-17(13-3-4-16(30-2)26-10-13)20-19(28-18)14(21(22)23)6-8-25-20/h3-10,21,28H,1-2H3,(H,24,27,29). The number of carbonyl (C=O) groups is 1. The molecule has 0 aliphatic carbocycles. The summed E-state index contributed by atoms with van der Waals surface area (Å²) in [6, 6.07) is 8.14. The van der Waals surface area contributed by atoms with Crippen LogP contribution in [0.25, 0.3) is 33.4 Å². The molecule has 4 aromatic rings. The second kappa shape index (κ2) is 7.86. The highest BCUT2D eigenvalue weighted by Gasteiger charge is 2.22. The number of pyridine rings is 3. The Labute approximate surface area is 170 Å². The topological polar surface area (TPSA) is 92.8 Å². The van der Waals surface area contributed by atoms with E-state index in [0.717, 1.165) is 0 Å². The van der Waals surface area contributed by atoms with E-state index in [1.165, 1.54) is 32.5 Å². The number of rotatable bonds is 5. The summed E-state index contributed by atoms with van der Waals surface area (Å²) in [5.41, 5.74) is 2.99. The molecule has 4 aromatic heterocycles. The van der Waals surface area contributed by atoms with Gasteiger partial charge < -0.3 is 15.0 Å². The zero-order valence-corrected chi connectivity index (χ0v) is 16.1. The van der Waals surface area contributed by atoms with Gasteiger partial charge in [-0.3, -0.25) is 9.78 Å². The summed E-state index contributed by atoms with van der Waals surface area (Å²) in [5, 5.41) is 2.62. The largest absolute Gasteiger partial charge is 0.481 e. The van der Waals surface area contributed by atoms with Crippen LogP contribution in [0, 0.1) is 0 Å². The summed E-state index contributed by atoms with van der Waals surface area (Å²) in [5.74, 6) is 0.509. The number of nitrogens with one attached hydrogen (secondary N) is 2. The van der Waals surface area contributed by atoms with Gasteiger partial charge in [-0.05, 0) is 24.3 Å². The molecule has 0 spiro atoms. The number of methoxy groups -OCH3 is 1. The van der Waals surface area contributed by atoms with Gasteiger partial charge in [-0.15, -0.1) is 0 Å². The van der Waals surface area contributed by atoms with Gasteiger partial charge in [-0.2, -0.15) is 0 Å². The van der Waals surface area contributed by atoms with Crippen LogP contribution in [-0.4, -0.2) is 33.0 Å². The van der Waals surface area contributed by atoms with Gasteiger partial charge in [0.25, 0.3) is 6.43 Å². The number of hydrogen-bond acceptors (Lipinski definition) is 5. The van der Waals surface area contributed by atoms with E-state index in [-0.39, 0.29) is 17.0 Å². The van der Waals surface area contributed by atoms with E-state index in [1.807, 2.05) is 0 Å². The first-order valence-electron chi connectivity index (χ1n) is 9.01.